The summed E-state index contributed by atoms with van der Waals surface area (Å²) in [7, 11) is 5.34. The van der Waals surface area contributed by atoms with Gasteiger partial charge in [0.25, 0.3) is 0 Å². The molecular formula is C42H63N3O12. The Kier molecular flexibility index (Phi) is 15.4. The first-order valence-electron chi connectivity index (χ1n) is 19.9. The number of esters is 2. The molecule has 318 valence electrons. The molecule has 1 aromatic rings. The number of hydrogen-bond donors (Lipinski definition) is 1. The van der Waals surface area contributed by atoms with Crippen LogP contribution in [0.25, 0.3) is 0 Å². The average Bonchev–Trinajstić information content (AvgIpc) is 3.47. The monoisotopic (exact) mass is 801 g/mol. The highest BCUT2D eigenvalue weighted by molar-refractivity contribution is 5.87. The van der Waals surface area contributed by atoms with Crippen molar-refractivity contribution in [1.29, 1.82) is 0 Å². The standard InChI is InChI=1S/C42H63N3O12/c1-13-31-42(9)36(44-40(50)57-42)26(5)33(48)23(2)22-41(8,51-12)37(56-39-35(52-19-17-24(3)46)30(45(10)11)20-25(4)53-39)27(6)34(28(7)38(49)54-31)55-32(47)21-29-16-14-15-18-43-29/h14-19,23,25-28,30-31,34-37,39H,13,20-22H2,1-12H3,(H,44,50)/b19-17+/t23-,25-,26+,27+,28-,30+,31-,34+,35-,36-,37-,39+,41+,42-/m1/s1. The summed E-state index contributed by atoms with van der Waals surface area (Å²) in [6.07, 6.45) is -0.920. The van der Waals surface area contributed by atoms with Crippen LogP contribution in [0.2, 0.25) is 0 Å². The van der Waals surface area contributed by atoms with Crippen molar-refractivity contribution in [3.05, 3.63) is 42.4 Å². The van der Waals surface area contributed by atoms with Gasteiger partial charge in [-0.1, -0.05) is 33.8 Å². The van der Waals surface area contributed by atoms with Crippen molar-refractivity contribution in [2.45, 2.75) is 148 Å². The van der Waals surface area contributed by atoms with E-state index in [-0.39, 0.29) is 43.0 Å². The summed E-state index contributed by atoms with van der Waals surface area (Å²) in [5.74, 6) is -5.02. The first-order valence-corrected chi connectivity index (χ1v) is 19.9. The second-order valence-corrected chi connectivity index (χ2v) is 16.6. The number of nitrogens with one attached hydrogen (secondary N) is 1. The van der Waals surface area contributed by atoms with Crippen LogP contribution < -0.4 is 5.32 Å². The number of likely N-dealkylation sites (N-methyl/N-ethyl adjacent to an activating group) is 1. The molecule has 0 bridgehead atoms. The number of carbonyl (C=O) groups excluding carboxylic acids is 5. The largest absolute Gasteiger partial charge is 0.491 e. The van der Waals surface area contributed by atoms with Crippen molar-refractivity contribution >= 4 is 29.6 Å². The van der Waals surface area contributed by atoms with E-state index in [9.17, 15) is 24.0 Å². The van der Waals surface area contributed by atoms with Crippen LogP contribution in [0.4, 0.5) is 4.79 Å². The van der Waals surface area contributed by atoms with E-state index in [1.807, 2.05) is 32.8 Å². The molecule has 3 saturated heterocycles. The molecule has 15 heteroatoms. The molecule has 0 radical (unpaired) electrons. The van der Waals surface area contributed by atoms with E-state index < -0.39 is 89.7 Å². The normalized spacial score (nSPS) is 38.1. The number of fused-ring (bicyclic) bond motifs is 1. The van der Waals surface area contributed by atoms with Gasteiger partial charge in [0.1, 0.15) is 18.0 Å². The maximum atomic E-state index is 14.4. The molecule has 0 aliphatic carbocycles. The van der Waals surface area contributed by atoms with Gasteiger partial charge in [-0.2, -0.15) is 0 Å². The molecule has 4 rings (SSSR count). The number of pyridine rings is 1. The lowest BCUT2D eigenvalue weighted by molar-refractivity contribution is -0.302. The van der Waals surface area contributed by atoms with Crippen LogP contribution in [0.1, 0.15) is 87.3 Å². The number of nitrogens with zero attached hydrogens (tertiary/aromatic N) is 2. The molecular weight excluding hydrogens is 738 g/mol. The second kappa shape index (κ2) is 19.2. The van der Waals surface area contributed by atoms with Crippen LogP contribution in [-0.4, -0.2) is 121 Å². The van der Waals surface area contributed by atoms with E-state index in [0.717, 1.165) is 0 Å². The summed E-state index contributed by atoms with van der Waals surface area (Å²) in [6.45, 7) is 15.5. The zero-order valence-electron chi connectivity index (χ0n) is 35.5. The van der Waals surface area contributed by atoms with Crippen molar-refractivity contribution in [3.8, 4) is 0 Å². The number of ketones is 2. The summed E-state index contributed by atoms with van der Waals surface area (Å²) < 4.78 is 44.3. The van der Waals surface area contributed by atoms with Gasteiger partial charge in [0.05, 0.1) is 54.2 Å². The van der Waals surface area contributed by atoms with Gasteiger partial charge >= 0.3 is 18.0 Å². The third kappa shape index (κ3) is 10.6. The Balaban J connectivity index is 1.88. The Labute approximate surface area is 336 Å². The van der Waals surface area contributed by atoms with Crippen molar-refractivity contribution < 1.29 is 57.1 Å². The Bertz CT molecular complexity index is 1610. The minimum atomic E-state index is -1.39. The fraction of sp³-hybridized carbons (Fsp3) is 0.714. The molecule has 14 atom stereocenters. The van der Waals surface area contributed by atoms with Gasteiger partial charge in [-0.25, -0.2) is 4.79 Å². The average molecular weight is 802 g/mol. The number of allylic oxidation sites excluding steroid dienone is 1. The number of methoxy groups -OCH3 is 1. The highest BCUT2D eigenvalue weighted by Crippen LogP contribution is 2.42. The molecule has 15 nitrogen and oxygen atoms in total. The quantitative estimate of drug-likeness (QED) is 0.142. The fourth-order valence-corrected chi connectivity index (χ4v) is 8.74. The van der Waals surface area contributed by atoms with E-state index in [4.69, 9.17) is 33.2 Å². The molecule has 0 aromatic carbocycles. The smallest absolute Gasteiger partial charge is 0.408 e. The van der Waals surface area contributed by atoms with Crippen LogP contribution in [0.15, 0.2) is 36.7 Å². The summed E-state index contributed by atoms with van der Waals surface area (Å²) in [5, 5.41) is 2.81. The van der Waals surface area contributed by atoms with Crippen molar-refractivity contribution in [2.24, 2.45) is 23.7 Å². The molecule has 1 aromatic heterocycles. The Morgan fingerprint density at radius 2 is 1.75 bits per heavy atom. The highest BCUT2D eigenvalue weighted by atomic mass is 16.7. The summed E-state index contributed by atoms with van der Waals surface area (Å²) >= 11 is 0. The molecule has 3 aliphatic rings. The van der Waals surface area contributed by atoms with E-state index >= 15 is 0 Å². The molecule has 1 amide bonds. The van der Waals surface area contributed by atoms with Crippen molar-refractivity contribution in [2.75, 3.05) is 21.2 Å². The third-order valence-electron chi connectivity index (χ3n) is 11.9. The lowest BCUT2D eigenvalue weighted by Gasteiger charge is -2.49. The SMILES string of the molecule is CC[C@H]1OC(=O)[C@H](C)[C@@H](OC(=O)Cc2ccccn2)[C@H](C)[C@@H](O[C@@H]2O[C@H](C)C[C@H](N(C)C)[C@H]2O/C=C/C(C)=O)[C@@](C)(OC)C[C@@H](C)C(=O)[C@H](C)[C@H]2NC(=O)O[C@@]21C. The molecule has 0 saturated carbocycles. The predicted molar refractivity (Wildman–Crippen MR) is 207 cm³/mol. The van der Waals surface area contributed by atoms with Gasteiger partial charge in [0, 0.05) is 37.1 Å². The highest BCUT2D eigenvalue weighted by Gasteiger charge is 2.57. The van der Waals surface area contributed by atoms with Gasteiger partial charge in [0.2, 0.25) is 0 Å². The number of hydrogen-bond acceptors (Lipinski definition) is 14. The second-order valence-electron chi connectivity index (χ2n) is 16.6. The van der Waals surface area contributed by atoms with E-state index in [1.165, 1.54) is 26.4 Å². The first-order chi connectivity index (χ1) is 26.8. The molecule has 3 aliphatic heterocycles. The molecule has 0 unspecified atom stereocenters. The third-order valence-corrected chi connectivity index (χ3v) is 11.9. The van der Waals surface area contributed by atoms with Crippen LogP contribution in [0.5, 0.6) is 0 Å². The molecule has 1 N–H and O–H groups in total. The van der Waals surface area contributed by atoms with Gasteiger partial charge in [-0.15, -0.1) is 0 Å². The number of alkyl carbamates (subject to hydrolysis) is 1. The molecule has 3 fully saturated rings. The summed E-state index contributed by atoms with van der Waals surface area (Å²) in [5.41, 5.74) is -2.20. The number of aromatic nitrogens is 1. The zero-order valence-corrected chi connectivity index (χ0v) is 35.5. The van der Waals surface area contributed by atoms with Crippen molar-refractivity contribution in [1.82, 2.24) is 15.2 Å². The molecule has 57 heavy (non-hydrogen) atoms. The zero-order chi connectivity index (χ0) is 42.4. The number of carbonyl (C=O) groups is 5. The van der Waals surface area contributed by atoms with E-state index in [0.29, 0.717) is 12.1 Å². The summed E-state index contributed by atoms with van der Waals surface area (Å²) in [4.78, 5) is 73.5. The van der Waals surface area contributed by atoms with Crippen molar-refractivity contribution in [3.63, 3.8) is 0 Å². The van der Waals surface area contributed by atoms with Gasteiger partial charge in [-0.3, -0.25) is 24.2 Å². The van der Waals surface area contributed by atoms with Gasteiger partial charge in [0.15, 0.2) is 23.8 Å². The fourth-order valence-electron chi connectivity index (χ4n) is 8.74. The van der Waals surface area contributed by atoms with Crippen LogP contribution in [0, 0.1) is 23.7 Å². The van der Waals surface area contributed by atoms with Gasteiger partial charge < -0.3 is 43.4 Å². The Hall–Kier alpha value is -3.92. The van der Waals surface area contributed by atoms with E-state index in [2.05, 4.69) is 10.3 Å². The number of Topliss-reactive ketones (excluding diaryl/α,β-unsaturated/α-hetero) is 1. The van der Waals surface area contributed by atoms with Crippen LogP contribution in [0.3, 0.4) is 0 Å². The minimum Gasteiger partial charge on any atom is -0.491 e. The Morgan fingerprint density at radius 3 is 2.35 bits per heavy atom. The summed E-state index contributed by atoms with van der Waals surface area (Å²) in [6, 6.07) is 4.15. The topological polar surface area (TPSA) is 178 Å². The van der Waals surface area contributed by atoms with Crippen LogP contribution >= 0.6 is 0 Å². The number of ether oxygens (including phenoxy) is 7. The first kappa shape index (κ1) is 45.8. The lowest BCUT2D eigenvalue weighted by Crippen LogP contribution is -2.61. The van der Waals surface area contributed by atoms with E-state index in [1.54, 1.807) is 65.9 Å². The molecule has 4 heterocycles. The number of cyclic esters (lactones) is 1. The van der Waals surface area contributed by atoms with Crippen LogP contribution in [-0.2, 0) is 58.8 Å². The minimum absolute atomic E-state index is 0.125. The Morgan fingerprint density at radius 1 is 1.05 bits per heavy atom. The molecule has 0 spiro atoms. The maximum Gasteiger partial charge on any atom is 0.408 e. The number of amides is 1. The predicted octanol–water partition coefficient (Wildman–Crippen LogP) is 4.59. The lowest BCUT2D eigenvalue weighted by atomic mass is 9.73. The number of rotatable bonds is 11. The maximum absolute atomic E-state index is 14.4. The van der Waals surface area contributed by atoms with Gasteiger partial charge in [-0.05, 0) is 80.1 Å².